The van der Waals surface area contributed by atoms with Crippen molar-refractivity contribution in [1.82, 2.24) is 0 Å². The number of ketones is 2. The Hall–Kier alpha value is -7.21. The van der Waals surface area contributed by atoms with E-state index in [1.807, 2.05) is 12.1 Å². The van der Waals surface area contributed by atoms with Gasteiger partial charge in [-0.2, -0.15) is 0 Å². The molecule has 4 aliphatic carbocycles. The SMILES string of the molecule is C[C@]12CCC3(C(=O)OCc4ccccc4)C4(C(=O)OCc5ccccc5)CCC(=O)CC4(C(=O)OCc4ccccc4)CCC3(C(=O)OCc3ccccc3)C1(C(=O)OCc1ccccc1)CCC2=O. The van der Waals surface area contributed by atoms with E-state index in [1.54, 1.807) is 146 Å². The highest BCUT2D eigenvalue weighted by atomic mass is 16.6. The van der Waals surface area contributed by atoms with Crippen LogP contribution in [0.15, 0.2) is 152 Å². The fraction of sp³-hybridized carbons (Fsp3) is 0.362. The standard InChI is InChI=1S/C58H56O12/c1-53-31-33-58(52(65)70-40-45-25-15-6-16-26-45)56(50(63)68-38-43-21-11-4-12-22-43)29-27-46(59)35-54(56,48(61)66-36-41-17-7-2-8-18-41)32-34-57(58,51(64)69-39-44-23-13-5-14-24-44)55(53,30-28-47(53)60)49(62)67-37-42-19-9-3-10-20-42/h2-26H,27-40H2,1H3/t53-,54?,55?,56?,57?,58?/m1/s1. The van der Waals surface area contributed by atoms with E-state index in [4.69, 9.17) is 23.7 Å². The van der Waals surface area contributed by atoms with Crippen LogP contribution in [0.3, 0.4) is 0 Å². The van der Waals surface area contributed by atoms with Crippen molar-refractivity contribution in [2.24, 2.45) is 32.5 Å². The molecule has 0 radical (unpaired) electrons. The van der Waals surface area contributed by atoms with E-state index < -0.39 is 94.4 Å². The van der Waals surface area contributed by atoms with Gasteiger partial charge in [0, 0.05) is 24.7 Å². The molecule has 0 N–H and O–H groups in total. The normalized spacial score (nSPS) is 27.7. The maximum atomic E-state index is 16.6. The molecule has 5 unspecified atom stereocenters. The van der Waals surface area contributed by atoms with E-state index in [1.165, 1.54) is 0 Å². The van der Waals surface area contributed by atoms with Crippen molar-refractivity contribution in [2.45, 2.75) is 97.7 Å². The molecule has 5 aromatic carbocycles. The van der Waals surface area contributed by atoms with Crippen LogP contribution < -0.4 is 0 Å². The molecule has 0 bridgehead atoms. The predicted octanol–water partition coefficient (Wildman–Crippen LogP) is 9.35. The van der Waals surface area contributed by atoms with Crippen molar-refractivity contribution in [3.05, 3.63) is 179 Å². The molecule has 6 atom stereocenters. The Morgan fingerprint density at radius 2 is 0.686 bits per heavy atom. The van der Waals surface area contributed by atoms with Crippen molar-refractivity contribution in [2.75, 3.05) is 0 Å². The van der Waals surface area contributed by atoms with Gasteiger partial charge in [0.25, 0.3) is 0 Å². The molecule has 0 spiro atoms. The van der Waals surface area contributed by atoms with E-state index >= 15 is 24.0 Å². The number of Topliss-reactive ketones (excluding diaryl/α,β-unsaturated/α-hetero) is 2. The number of hydrogen-bond donors (Lipinski definition) is 0. The summed E-state index contributed by atoms with van der Waals surface area (Å²) in [5.74, 6) is -5.73. The number of rotatable bonds is 15. The van der Waals surface area contributed by atoms with Crippen LogP contribution >= 0.6 is 0 Å². The minimum atomic E-state index is -2.54. The molecule has 0 saturated heterocycles. The third kappa shape index (κ3) is 7.54. The van der Waals surface area contributed by atoms with E-state index in [-0.39, 0.29) is 70.3 Å². The lowest BCUT2D eigenvalue weighted by molar-refractivity contribution is -0.293. The molecule has 4 saturated carbocycles. The molecule has 0 amide bonds. The molecule has 0 aliphatic heterocycles. The molecular weight excluding hydrogens is 889 g/mol. The van der Waals surface area contributed by atoms with Crippen molar-refractivity contribution >= 4 is 41.4 Å². The molecule has 9 rings (SSSR count). The second kappa shape index (κ2) is 19.3. The summed E-state index contributed by atoms with van der Waals surface area (Å²) in [6, 6.07) is 44.4. The number of carbonyl (C=O) groups is 7. The van der Waals surface area contributed by atoms with E-state index in [2.05, 4.69) is 0 Å². The fourth-order valence-electron chi connectivity index (χ4n) is 13.1. The van der Waals surface area contributed by atoms with Gasteiger partial charge in [0.1, 0.15) is 60.8 Å². The van der Waals surface area contributed by atoms with E-state index in [0.717, 1.165) is 0 Å². The van der Waals surface area contributed by atoms with Crippen LogP contribution in [0.5, 0.6) is 0 Å². The molecule has 4 aliphatic rings. The topological polar surface area (TPSA) is 166 Å². The average Bonchev–Trinajstić information content (AvgIpc) is 3.68. The molecule has 70 heavy (non-hydrogen) atoms. The largest absolute Gasteiger partial charge is 0.460 e. The Labute approximate surface area is 407 Å². The number of esters is 5. The quantitative estimate of drug-likeness (QED) is 0.0722. The monoisotopic (exact) mass is 944 g/mol. The molecule has 5 aromatic rings. The highest BCUT2D eigenvalue weighted by Crippen LogP contribution is 2.84. The van der Waals surface area contributed by atoms with Gasteiger partial charge in [0.05, 0.1) is 10.8 Å². The zero-order valence-corrected chi connectivity index (χ0v) is 39.2. The van der Waals surface area contributed by atoms with Gasteiger partial charge in [-0.3, -0.25) is 33.6 Å². The number of carbonyl (C=O) groups excluding carboxylic acids is 7. The first kappa shape index (κ1) is 47.8. The van der Waals surface area contributed by atoms with Crippen LogP contribution in [0.25, 0.3) is 0 Å². The van der Waals surface area contributed by atoms with Crippen molar-refractivity contribution < 1.29 is 57.2 Å². The van der Waals surface area contributed by atoms with Crippen LogP contribution in [-0.2, 0) is 90.3 Å². The molecule has 0 heterocycles. The number of benzene rings is 5. The lowest BCUT2D eigenvalue weighted by Gasteiger charge is -2.72. The van der Waals surface area contributed by atoms with Gasteiger partial charge in [-0.05, 0) is 66.3 Å². The summed E-state index contributed by atoms with van der Waals surface area (Å²) >= 11 is 0. The third-order valence-corrected chi connectivity index (χ3v) is 16.3. The van der Waals surface area contributed by atoms with Gasteiger partial charge in [-0.1, -0.05) is 159 Å². The van der Waals surface area contributed by atoms with Gasteiger partial charge in [0.2, 0.25) is 0 Å². The first-order valence-electron chi connectivity index (χ1n) is 24.0. The summed E-state index contributed by atoms with van der Waals surface area (Å²) in [7, 11) is 0. The molecule has 12 heteroatoms. The highest BCUT2D eigenvalue weighted by molar-refractivity contribution is 6.08. The highest BCUT2D eigenvalue weighted by Gasteiger charge is 2.93. The van der Waals surface area contributed by atoms with Gasteiger partial charge in [-0.25, -0.2) is 0 Å². The van der Waals surface area contributed by atoms with Crippen LogP contribution in [0, 0.1) is 32.5 Å². The van der Waals surface area contributed by atoms with Crippen LogP contribution in [0.4, 0.5) is 0 Å². The lowest BCUT2D eigenvalue weighted by Crippen LogP contribution is -2.82. The summed E-state index contributed by atoms with van der Waals surface area (Å²) in [6.07, 6.45) is -3.28. The maximum Gasteiger partial charge on any atom is 0.314 e. The van der Waals surface area contributed by atoms with Crippen LogP contribution in [0.2, 0.25) is 0 Å². The summed E-state index contributed by atoms with van der Waals surface area (Å²) in [5.41, 5.74) is -10.5. The van der Waals surface area contributed by atoms with Gasteiger partial charge in [-0.15, -0.1) is 0 Å². The molecule has 4 fully saturated rings. The Balaban J connectivity index is 1.33. The van der Waals surface area contributed by atoms with Gasteiger partial charge >= 0.3 is 29.8 Å². The minimum absolute atomic E-state index is 0.173. The smallest absolute Gasteiger partial charge is 0.314 e. The third-order valence-electron chi connectivity index (χ3n) is 16.3. The molecule has 360 valence electrons. The Bertz CT molecular complexity index is 2770. The summed E-state index contributed by atoms with van der Waals surface area (Å²) in [6.45, 7) is 0.176. The second-order valence-electron chi connectivity index (χ2n) is 19.5. The fourth-order valence-corrected chi connectivity index (χ4v) is 13.1. The van der Waals surface area contributed by atoms with Crippen LogP contribution in [0.1, 0.15) is 92.5 Å². The number of hydrogen-bond acceptors (Lipinski definition) is 12. The van der Waals surface area contributed by atoms with Gasteiger partial charge < -0.3 is 23.7 Å². The molecule has 0 aromatic heterocycles. The molecule has 12 nitrogen and oxygen atoms in total. The Kier molecular flexibility index (Phi) is 13.2. The predicted molar refractivity (Wildman–Crippen MR) is 253 cm³/mol. The summed E-state index contributed by atoms with van der Waals surface area (Å²) < 4.78 is 31.9. The zero-order valence-electron chi connectivity index (χ0n) is 39.2. The number of ether oxygens (including phenoxy) is 5. The second-order valence-corrected chi connectivity index (χ2v) is 19.5. The first-order chi connectivity index (χ1) is 33.9. The summed E-state index contributed by atoms with van der Waals surface area (Å²) in [4.78, 5) is 110. The molecular formula is C58H56O12. The maximum absolute atomic E-state index is 16.6. The lowest BCUT2D eigenvalue weighted by atomic mass is 9.25. The van der Waals surface area contributed by atoms with Crippen molar-refractivity contribution in [1.29, 1.82) is 0 Å². The average molecular weight is 945 g/mol. The van der Waals surface area contributed by atoms with Crippen LogP contribution in [-0.4, -0.2) is 41.4 Å². The minimum Gasteiger partial charge on any atom is -0.460 e. The zero-order chi connectivity index (χ0) is 49.0. The van der Waals surface area contributed by atoms with E-state index in [9.17, 15) is 9.59 Å². The van der Waals surface area contributed by atoms with E-state index in [0.29, 0.717) is 27.8 Å². The van der Waals surface area contributed by atoms with Crippen molar-refractivity contribution in [3.8, 4) is 0 Å². The Morgan fingerprint density at radius 3 is 1.09 bits per heavy atom. The first-order valence-corrected chi connectivity index (χ1v) is 24.0. The summed E-state index contributed by atoms with van der Waals surface area (Å²) in [5, 5.41) is 0. The van der Waals surface area contributed by atoms with Crippen molar-refractivity contribution in [3.63, 3.8) is 0 Å². The van der Waals surface area contributed by atoms with Gasteiger partial charge in [0.15, 0.2) is 0 Å². The Morgan fingerprint density at radius 1 is 0.371 bits per heavy atom. The number of fused-ring (bicyclic) bond motifs is 5.